The Morgan fingerprint density at radius 3 is 2.57 bits per heavy atom. The molecule has 0 amide bonds. The molecule has 0 aliphatic carbocycles. The summed E-state index contributed by atoms with van der Waals surface area (Å²) >= 11 is 0. The summed E-state index contributed by atoms with van der Waals surface area (Å²) in [6.45, 7) is 2.60. The van der Waals surface area contributed by atoms with Crippen molar-refractivity contribution >= 4 is 6.21 Å². The van der Waals surface area contributed by atoms with Crippen molar-refractivity contribution in [1.82, 2.24) is 0 Å². The van der Waals surface area contributed by atoms with E-state index in [4.69, 9.17) is 10.1 Å². The normalized spacial score (nSPS) is 13.4. The van der Waals surface area contributed by atoms with Crippen LogP contribution in [0, 0.1) is 11.3 Å². The van der Waals surface area contributed by atoms with Crippen molar-refractivity contribution in [3.05, 3.63) is 0 Å². The third-order valence-electron chi connectivity index (χ3n) is 0.714. The lowest BCUT2D eigenvalue weighted by Crippen LogP contribution is -2.02. The zero-order valence-corrected chi connectivity index (χ0v) is 4.77. The Hall–Kier alpha value is -0.370. The second kappa shape index (κ2) is 3.81. The van der Waals surface area contributed by atoms with Gasteiger partial charge in [0, 0.05) is 19.2 Å². The minimum Gasteiger partial charge on any atom is -0.384 e. The predicted octanol–water partition coefficient (Wildman–Crippen LogP) is 0.918. The first-order valence-electron chi connectivity index (χ1n) is 2.30. The molecule has 0 aliphatic heterocycles. The van der Waals surface area contributed by atoms with Crippen LogP contribution in [0.25, 0.3) is 0 Å². The number of hydrogen-bond acceptors (Lipinski definition) is 2. The highest BCUT2D eigenvalue weighted by Crippen LogP contribution is 1.86. The maximum absolute atomic E-state index is 6.71. The van der Waals surface area contributed by atoms with Gasteiger partial charge >= 0.3 is 0 Å². The van der Waals surface area contributed by atoms with Gasteiger partial charge in [-0.1, -0.05) is 6.92 Å². The van der Waals surface area contributed by atoms with Gasteiger partial charge < -0.3 is 10.1 Å². The van der Waals surface area contributed by atoms with Gasteiger partial charge in [0.05, 0.1) is 6.61 Å². The molecule has 0 aromatic carbocycles. The summed E-state index contributed by atoms with van der Waals surface area (Å²) in [5.41, 5.74) is 0. The largest absolute Gasteiger partial charge is 0.384 e. The van der Waals surface area contributed by atoms with Crippen LogP contribution >= 0.6 is 0 Å². The van der Waals surface area contributed by atoms with Crippen LogP contribution in [0.15, 0.2) is 0 Å². The smallest absolute Gasteiger partial charge is 0.0537 e. The van der Waals surface area contributed by atoms with Crippen molar-refractivity contribution in [1.29, 1.82) is 5.41 Å². The molecule has 0 spiro atoms. The van der Waals surface area contributed by atoms with Crippen LogP contribution in [0.4, 0.5) is 0 Å². The second-order valence-electron chi connectivity index (χ2n) is 1.60. The zero-order valence-electron chi connectivity index (χ0n) is 4.77. The van der Waals surface area contributed by atoms with E-state index in [-0.39, 0.29) is 5.92 Å². The molecule has 1 N–H and O–H groups in total. The van der Waals surface area contributed by atoms with Crippen molar-refractivity contribution < 1.29 is 4.74 Å². The van der Waals surface area contributed by atoms with Crippen molar-refractivity contribution in [2.75, 3.05) is 13.7 Å². The molecule has 0 bridgehead atoms. The average Bonchev–Trinajstić information content (AvgIpc) is 1.68. The van der Waals surface area contributed by atoms with E-state index >= 15 is 0 Å². The molecule has 0 aromatic rings. The first-order chi connectivity index (χ1) is 3.31. The number of nitrogens with one attached hydrogen (secondary N) is 1. The molecule has 0 saturated carbocycles. The van der Waals surface area contributed by atoms with Gasteiger partial charge in [-0.3, -0.25) is 0 Å². The Morgan fingerprint density at radius 2 is 2.43 bits per heavy atom. The molecule has 0 radical (unpaired) electrons. The molecule has 1 atom stereocenters. The molecule has 2 nitrogen and oxygen atoms in total. The maximum Gasteiger partial charge on any atom is 0.0537 e. The van der Waals surface area contributed by atoms with Gasteiger partial charge in [0.1, 0.15) is 0 Å². The molecule has 0 unspecified atom stereocenters. The molecule has 2 heteroatoms. The van der Waals surface area contributed by atoms with Crippen LogP contribution in [-0.4, -0.2) is 19.9 Å². The fourth-order valence-electron chi connectivity index (χ4n) is 0.311. The number of hydrogen-bond donors (Lipinski definition) is 1. The van der Waals surface area contributed by atoms with Gasteiger partial charge in [-0.2, -0.15) is 0 Å². The minimum atomic E-state index is 0.269. The van der Waals surface area contributed by atoms with E-state index in [0.717, 1.165) is 0 Å². The lowest BCUT2D eigenvalue weighted by molar-refractivity contribution is 0.183. The highest BCUT2D eigenvalue weighted by atomic mass is 16.5. The molecule has 0 aliphatic rings. The molecule has 0 heterocycles. The lowest BCUT2D eigenvalue weighted by atomic mass is 10.2. The third kappa shape index (κ3) is 3.46. The van der Waals surface area contributed by atoms with Crippen molar-refractivity contribution in [2.24, 2.45) is 5.92 Å². The molecular weight excluding hydrogens is 90.1 g/mol. The zero-order chi connectivity index (χ0) is 5.70. The Labute approximate surface area is 44.0 Å². The van der Waals surface area contributed by atoms with Crippen molar-refractivity contribution in [3.63, 3.8) is 0 Å². The van der Waals surface area contributed by atoms with E-state index < -0.39 is 0 Å². The summed E-state index contributed by atoms with van der Waals surface area (Å²) in [7, 11) is 1.64. The molecule has 0 saturated heterocycles. The van der Waals surface area contributed by atoms with Crippen LogP contribution in [0.5, 0.6) is 0 Å². The number of rotatable bonds is 3. The summed E-state index contributed by atoms with van der Waals surface area (Å²) in [6.07, 6.45) is 1.38. The van der Waals surface area contributed by atoms with E-state index in [1.807, 2.05) is 6.92 Å². The molecule has 42 valence electrons. The third-order valence-corrected chi connectivity index (χ3v) is 0.714. The second-order valence-corrected chi connectivity index (χ2v) is 1.60. The van der Waals surface area contributed by atoms with Gasteiger partial charge in [-0.15, -0.1) is 0 Å². The Kier molecular flexibility index (Phi) is 3.61. The van der Waals surface area contributed by atoms with Gasteiger partial charge in [0.15, 0.2) is 0 Å². The summed E-state index contributed by atoms with van der Waals surface area (Å²) in [4.78, 5) is 0. The van der Waals surface area contributed by atoms with Gasteiger partial charge in [0.25, 0.3) is 0 Å². The van der Waals surface area contributed by atoms with Crippen molar-refractivity contribution in [3.8, 4) is 0 Å². The molecule has 0 fully saturated rings. The van der Waals surface area contributed by atoms with E-state index in [9.17, 15) is 0 Å². The van der Waals surface area contributed by atoms with E-state index in [1.165, 1.54) is 6.21 Å². The fourth-order valence-corrected chi connectivity index (χ4v) is 0.311. The van der Waals surface area contributed by atoms with Crippen LogP contribution in [-0.2, 0) is 4.74 Å². The average molecular weight is 101 g/mol. The van der Waals surface area contributed by atoms with Crippen LogP contribution in [0.1, 0.15) is 6.92 Å². The van der Waals surface area contributed by atoms with Crippen LogP contribution in [0.2, 0.25) is 0 Å². The Bertz CT molecular complexity index is 54.0. The number of methoxy groups -OCH3 is 1. The van der Waals surface area contributed by atoms with E-state index in [0.29, 0.717) is 6.61 Å². The van der Waals surface area contributed by atoms with Crippen molar-refractivity contribution in [2.45, 2.75) is 6.92 Å². The monoisotopic (exact) mass is 101 g/mol. The minimum absolute atomic E-state index is 0.269. The molecule has 0 aromatic heterocycles. The topological polar surface area (TPSA) is 33.1 Å². The van der Waals surface area contributed by atoms with E-state index in [1.54, 1.807) is 7.11 Å². The van der Waals surface area contributed by atoms with Gasteiger partial charge in [0.2, 0.25) is 0 Å². The van der Waals surface area contributed by atoms with Gasteiger partial charge in [-0.05, 0) is 0 Å². The van der Waals surface area contributed by atoms with Crippen LogP contribution in [0.3, 0.4) is 0 Å². The van der Waals surface area contributed by atoms with E-state index in [2.05, 4.69) is 0 Å². The SMILES string of the molecule is COC[C@@H](C)C=N. The highest BCUT2D eigenvalue weighted by molar-refractivity contribution is 5.56. The standard InChI is InChI=1S/C5H11NO/c1-5(3-6)4-7-2/h3,5-6H,4H2,1-2H3/t5-/m0/s1. The quantitative estimate of drug-likeness (QED) is 0.527. The maximum atomic E-state index is 6.71. The fraction of sp³-hybridized carbons (Fsp3) is 0.800. The summed E-state index contributed by atoms with van der Waals surface area (Å²) in [6, 6.07) is 0. The number of ether oxygens (including phenoxy) is 1. The Balaban J connectivity index is 2.98. The highest BCUT2D eigenvalue weighted by Gasteiger charge is 1.91. The lowest BCUT2D eigenvalue weighted by Gasteiger charge is -1.98. The molecular formula is C5H11NO. The molecule has 7 heavy (non-hydrogen) atoms. The molecule has 0 rings (SSSR count). The first kappa shape index (κ1) is 6.63. The summed E-state index contributed by atoms with van der Waals surface area (Å²) < 4.78 is 4.74. The van der Waals surface area contributed by atoms with Crippen LogP contribution < -0.4 is 0 Å². The summed E-state index contributed by atoms with van der Waals surface area (Å²) in [5, 5.41) is 6.71. The van der Waals surface area contributed by atoms with Gasteiger partial charge in [-0.25, -0.2) is 0 Å². The Morgan fingerprint density at radius 1 is 1.86 bits per heavy atom. The summed E-state index contributed by atoms with van der Waals surface area (Å²) in [5.74, 6) is 0.269. The predicted molar refractivity (Wildman–Crippen MR) is 29.8 cm³/mol. The first-order valence-corrected chi connectivity index (χ1v) is 2.30.